The quantitative estimate of drug-likeness (QED) is 0.746. The molecule has 0 aliphatic heterocycles. The highest BCUT2D eigenvalue weighted by Gasteiger charge is 2.38. The summed E-state index contributed by atoms with van der Waals surface area (Å²) in [5.74, 6) is -0.624. The van der Waals surface area contributed by atoms with Gasteiger partial charge in [-0.2, -0.15) is 13.2 Å². The van der Waals surface area contributed by atoms with Crippen LogP contribution in [0.15, 0.2) is 0 Å². The summed E-state index contributed by atoms with van der Waals surface area (Å²) in [6, 6.07) is 0. The largest absolute Gasteiger partial charge is 0.405 e. The van der Waals surface area contributed by atoms with Crippen molar-refractivity contribution in [2.24, 2.45) is 0 Å². The van der Waals surface area contributed by atoms with E-state index in [0.29, 0.717) is 6.54 Å². The van der Waals surface area contributed by atoms with E-state index in [4.69, 9.17) is 0 Å². The lowest BCUT2D eigenvalue weighted by molar-refractivity contribution is -0.138. The molecule has 0 saturated heterocycles. The monoisotopic (exact) mass is 267 g/mol. The van der Waals surface area contributed by atoms with Crippen LogP contribution in [0.4, 0.5) is 13.2 Å². The molecule has 4 nitrogen and oxygen atoms in total. The molecule has 0 unspecified atom stereocenters. The molecule has 0 heterocycles. The maximum Gasteiger partial charge on any atom is 0.405 e. The van der Waals surface area contributed by atoms with Crippen LogP contribution in [0, 0.1) is 0 Å². The number of amides is 1. The van der Waals surface area contributed by atoms with Crippen molar-refractivity contribution in [3.05, 3.63) is 0 Å². The number of likely N-dealkylation sites (N-methyl/N-ethyl adjacent to an activating group) is 1. The van der Waals surface area contributed by atoms with Gasteiger partial charge in [-0.05, 0) is 33.4 Å². The van der Waals surface area contributed by atoms with Crippen molar-refractivity contribution in [2.75, 3.05) is 33.7 Å². The third kappa shape index (κ3) is 4.45. The van der Waals surface area contributed by atoms with Crippen molar-refractivity contribution in [3.8, 4) is 0 Å². The third-order valence-electron chi connectivity index (χ3n) is 3.46. The van der Waals surface area contributed by atoms with Gasteiger partial charge in [0.2, 0.25) is 5.91 Å². The predicted octanol–water partition coefficient (Wildman–Crippen LogP) is 0.739. The fraction of sp³-hybridized carbons (Fsp3) is 0.909. The summed E-state index contributed by atoms with van der Waals surface area (Å²) in [6.07, 6.45) is -1.09. The van der Waals surface area contributed by atoms with E-state index < -0.39 is 18.6 Å². The van der Waals surface area contributed by atoms with E-state index in [1.54, 1.807) is 0 Å². The molecule has 1 rings (SSSR count). The van der Waals surface area contributed by atoms with Gasteiger partial charge in [-0.15, -0.1) is 0 Å². The number of carbonyl (C=O) groups is 1. The number of nitrogens with one attached hydrogen (secondary N) is 2. The van der Waals surface area contributed by atoms with Crippen LogP contribution in [0.2, 0.25) is 0 Å². The second-order valence-electron chi connectivity index (χ2n) is 4.97. The Morgan fingerprint density at radius 2 is 1.94 bits per heavy atom. The van der Waals surface area contributed by atoms with Gasteiger partial charge in [0.25, 0.3) is 0 Å². The molecule has 0 aromatic rings. The third-order valence-corrected chi connectivity index (χ3v) is 3.46. The van der Waals surface area contributed by atoms with Crippen LogP contribution in [0.3, 0.4) is 0 Å². The molecule has 18 heavy (non-hydrogen) atoms. The van der Waals surface area contributed by atoms with E-state index in [0.717, 1.165) is 19.3 Å². The van der Waals surface area contributed by atoms with Crippen LogP contribution in [0.5, 0.6) is 0 Å². The van der Waals surface area contributed by atoms with Gasteiger partial charge < -0.3 is 15.5 Å². The molecule has 0 radical (unpaired) electrons. The summed E-state index contributed by atoms with van der Waals surface area (Å²) in [5.41, 5.74) is 0.0598. The Bertz CT molecular complexity index is 288. The Balaban J connectivity index is 2.19. The minimum atomic E-state index is -4.35. The Hall–Kier alpha value is -0.820. The highest BCUT2D eigenvalue weighted by Crippen LogP contribution is 2.35. The molecular weight excluding hydrogens is 247 g/mol. The summed E-state index contributed by atoms with van der Waals surface area (Å²) in [4.78, 5) is 13.3. The van der Waals surface area contributed by atoms with E-state index in [-0.39, 0.29) is 12.1 Å². The Labute approximate surface area is 105 Å². The zero-order chi connectivity index (χ0) is 13.8. The van der Waals surface area contributed by atoms with Crippen molar-refractivity contribution in [2.45, 2.75) is 31.0 Å². The lowest BCUT2D eigenvalue weighted by Crippen LogP contribution is -2.57. The molecule has 106 valence electrons. The lowest BCUT2D eigenvalue weighted by atomic mass is 9.75. The highest BCUT2D eigenvalue weighted by atomic mass is 19.4. The highest BCUT2D eigenvalue weighted by molar-refractivity contribution is 5.78. The molecule has 1 fully saturated rings. The molecule has 0 aromatic carbocycles. The minimum absolute atomic E-state index is 0.0598. The van der Waals surface area contributed by atoms with Gasteiger partial charge in [-0.25, -0.2) is 0 Å². The standard InChI is InChI=1S/C11H20F3N3O/c1-17(2)10(4-3-5-10)7-15-6-9(18)16-8-11(12,13)14/h15H,3-8H2,1-2H3,(H,16,18). The van der Waals surface area contributed by atoms with Gasteiger partial charge in [0.1, 0.15) is 6.54 Å². The molecule has 1 aliphatic rings. The van der Waals surface area contributed by atoms with E-state index in [2.05, 4.69) is 10.2 Å². The van der Waals surface area contributed by atoms with E-state index in [1.165, 1.54) is 0 Å². The maximum atomic E-state index is 11.9. The van der Waals surface area contributed by atoms with Gasteiger partial charge in [-0.3, -0.25) is 4.79 Å². The van der Waals surface area contributed by atoms with Crippen LogP contribution in [-0.2, 0) is 4.79 Å². The molecule has 1 amide bonds. The van der Waals surface area contributed by atoms with Gasteiger partial charge in [0.15, 0.2) is 0 Å². The zero-order valence-corrected chi connectivity index (χ0v) is 10.7. The molecule has 1 saturated carbocycles. The minimum Gasteiger partial charge on any atom is -0.346 e. The van der Waals surface area contributed by atoms with Crippen LogP contribution in [0.1, 0.15) is 19.3 Å². The second kappa shape index (κ2) is 5.88. The topological polar surface area (TPSA) is 44.4 Å². The molecule has 0 aromatic heterocycles. The number of rotatable bonds is 6. The first-order chi connectivity index (χ1) is 8.25. The smallest absolute Gasteiger partial charge is 0.346 e. The van der Waals surface area contributed by atoms with Gasteiger partial charge in [-0.1, -0.05) is 0 Å². The fourth-order valence-electron chi connectivity index (χ4n) is 2.04. The second-order valence-corrected chi connectivity index (χ2v) is 4.97. The molecule has 7 heteroatoms. The number of hydrogen-bond acceptors (Lipinski definition) is 3. The number of hydrogen-bond donors (Lipinski definition) is 2. The average molecular weight is 267 g/mol. The first-order valence-electron chi connectivity index (χ1n) is 5.97. The van der Waals surface area contributed by atoms with Crippen LogP contribution >= 0.6 is 0 Å². The Morgan fingerprint density at radius 3 is 2.33 bits per heavy atom. The Morgan fingerprint density at radius 1 is 1.33 bits per heavy atom. The molecule has 1 aliphatic carbocycles. The summed E-state index contributed by atoms with van der Waals surface area (Å²) in [7, 11) is 3.95. The molecule has 0 atom stereocenters. The fourth-order valence-corrected chi connectivity index (χ4v) is 2.04. The van der Waals surface area contributed by atoms with Crippen molar-refractivity contribution >= 4 is 5.91 Å². The van der Waals surface area contributed by atoms with E-state index >= 15 is 0 Å². The summed E-state index contributed by atoms with van der Waals surface area (Å²) >= 11 is 0. The van der Waals surface area contributed by atoms with Crippen molar-refractivity contribution in [1.29, 1.82) is 0 Å². The number of halogens is 3. The molecule has 2 N–H and O–H groups in total. The zero-order valence-electron chi connectivity index (χ0n) is 10.7. The van der Waals surface area contributed by atoms with Crippen molar-refractivity contribution in [3.63, 3.8) is 0 Å². The summed E-state index contributed by atoms with van der Waals surface area (Å²) < 4.78 is 35.6. The molecule has 0 bridgehead atoms. The normalized spacial score (nSPS) is 18.6. The number of nitrogens with zero attached hydrogens (tertiary/aromatic N) is 1. The lowest BCUT2D eigenvalue weighted by Gasteiger charge is -2.47. The van der Waals surface area contributed by atoms with Gasteiger partial charge in [0, 0.05) is 12.1 Å². The molecule has 0 spiro atoms. The first kappa shape index (κ1) is 15.2. The summed E-state index contributed by atoms with van der Waals surface area (Å²) in [6.45, 7) is -0.725. The SMILES string of the molecule is CN(C)C1(CNCC(=O)NCC(F)(F)F)CCC1. The van der Waals surface area contributed by atoms with Gasteiger partial charge in [0.05, 0.1) is 6.54 Å². The Kier molecular flexibility index (Phi) is 4.98. The number of carbonyl (C=O) groups excluding carboxylic acids is 1. The average Bonchev–Trinajstić information content (AvgIpc) is 2.17. The van der Waals surface area contributed by atoms with Crippen LogP contribution in [0.25, 0.3) is 0 Å². The van der Waals surface area contributed by atoms with E-state index in [9.17, 15) is 18.0 Å². The number of alkyl halides is 3. The molecular formula is C11H20F3N3O. The first-order valence-corrected chi connectivity index (χ1v) is 5.97. The van der Waals surface area contributed by atoms with Crippen molar-refractivity contribution < 1.29 is 18.0 Å². The van der Waals surface area contributed by atoms with Crippen molar-refractivity contribution in [1.82, 2.24) is 15.5 Å². The maximum absolute atomic E-state index is 11.9. The van der Waals surface area contributed by atoms with Crippen LogP contribution < -0.4 is 10.6 Å². The van der Waals surface area contributed by atoms with E-state index in [1.807, 2.05) is 19.4 Å². The summed E-state index contributed by atoms with van der Waals surface area (Å²) in [5, 5.41) is 4.76. The van der Waals surface area contributed by atoms with Gasteiger partial charge >= 0.3 is 6.18 Å². The van der Waals surface area contributed by atoms with Crippen LogP contribution in [-0.4, -0.2) is 56.3 Å². The predicted molar refractivity (Wildman–Crippen MR) is 62.2 cm³/mol.